The van der Waals surface area contributed by atoms with Gasteiger partial charge < -0.3 is 5.32 Å². The summed E-state index contributed by atoms with van der Waals surface area (Å²) in [6, 6.07) is 6.46. The molecule has 1 aliphatic rings. The Kier molecular flexibility index (Phi) is 3.54. The number of hydrogen-bond donors (Lipinski definition) is 1. The van der Waals surface area contributed by atoms with Gasteiger partial charge in [0, 0.05) is 11.4 Å². The van der Waals surface area contributed by atoms with Crippen molar-refractivity contribution in [2.45, 2.75) is 30.9 Å². The molecule has 0 unspecified atom stereocenters. The van der Waals surface area contributed by atoms with Gasteiger partial charge in [-0.2, -0.15) is 0 Å². The van der Waals surface area contributed by atoms with Crippen molar-refractivity contribution in [3.8, 4) is 0 Å². The summed E-state index contributed by atoms with van der Waals surface area (Å²) in [5.41, 5.74) is 2.71. The molecule has 1 atom stereocenters. The number of benzene rings is 1. The Labute approximate surface area is 102 Å². The van der Waals surface area contributed by atoms with E-state index in [1.165, 1.54) is 16.0 Å². The molecule has 2 nitrogen and oxygen atoms in total. The second kappa shape index (κ2) is 4.91. The monoisotopic (exact) mass is 234 g/mol. The summed E-state index contributed by atoms with van der Waals surface area (Å²) >= 11 is 1.90. The second-order valence-electron chi connectivity index (χ2n) is 4.17. The van der Waals surface area contributed by atoms with E-state index < -0.39 is 0 Å². The van der Waals surface area contributed by atoms with E-state index in [1.807, 2.05) is 11.8 Å². The third kappa shape index (κ3) is 2.40. The van der Waals surface area contributed by atoms with Gasteiger partial charge >= 0.3 is 0 Å². The summed E-state index contributed by atoms with van der Waals surface area (Å²) < 4.78 is 0. The number of nitrogens with one attached hydrogen (secondary N) is 1. The smallest absolute Gasteiger partial charge is 0.110 e. The minimum absolute atomic E-state index is 0.419. The van der Waals surface area contributed by atoms with E-state index in [0.717, 1.165) is 18.9 Å². The van der Waals surface area contributed by atoms with Gasteiger partial charge in [-0.3, -0.25) is 4.99 Å². The topological polar surface area (TPSA) is 24.4 Å². The van der Waals surface area contributed by atoms with Crippen molar-refractivity contribution in [3.05, 3.63) is 29.3 Å². The summed E-state index contributed by atoms with van der Waals surface area (Å²) in [7, 11) is 0. The average molecular weight is 234 g/mol. The molecule has 2 rings (SSSR count). The fourth-order valence-electron chi connectivity index (χ4n) is 1.91. The Bertz CT molecular complexity index is 392. The molecule has 1 aliphatic heterocycles. The molecule has 16 heavy (non-hydrogen) atoms. The number of aryl methyl sites for hydroxylation is 2. The van der Waals surface area contributed by atoms with Crippen molar-refractivity contribution >= 4 is 17.6 Å². The van der Waals surface area contributed by atoms with Crippen LogP contribution >= 0.6 is 11.8 Å². The zero-order valence-electron chi connectivity index (χ0n) is 10.1. The van der Waals surface area contributed by atoms with Crippen molar-refractivity contribution < 1.29 is 0 Å². The van der Waals surface area contributed by atoms with Crippen LogP contribution < -0.4 is 5.32 Å². The number of hydrogen-bond acceptors (Lipinski definition) is 3. The average Bonchev–Trinajstić information content (AvgIpc) is 2.76. The number of aliphatic imine (C=N–C) groups is 1. The zero-order chi connectivity index (χ0) is 11.5. The molecule has 1 heterocycles. The minimum atomic E-state index is 0.419. The molecule has 0 aromatic heterocycles. The predicted octanol–water partition coefficient (Wildman–Crippen LogP) is 2.79. The Balaban J connectivity index is 2.14. The Hall–Kier alpha value is -0.960. The van der Waals surface area contributed by atoms with Gasteiger partial charge in [0.05, 0.1) is 11.8 Å². The van der Waals surface area contributed by atoms with Gasteiger partial charge in [0.15, 0.2) is 0 Å². The lowest BCUT2D eigenvalue weighted by Crippen LogP contribution is -2.27. The van der Waals surface area contributed by atoms with E-state index in [-0.39, 0.29) is 0 Å². The number of rotatable bonds is 3. The van der Waals surface area contributed by atoms with E-state index in [0.29, 0.717) is 5.25 Å². The minimum Gasteiger partial charge on any atom is -0.371 e. The highest BCUT2D eigenvalue weighted by atomic mass is 32.2. The van der Waals surface area contributed by atoms with E-state index in [9.17, 15) is 0 Å². The first-order chi connectivity index (χ1) is 7.68. The van der Waals surface area contributed by atoms with Crippen LogP contribution in [0.25, 0.3) is 0 Å². The SMILES string of the molecule is Cc1cccc(C)c1S[C@H](C)C1=NCCN1. The summed E-state index contributed by atoms with van der Waals surface area (Å²) in [5, 5.41) is 3.76. The Morgan fingerprint density at radius 2 is 2.00 bits per heavy atom. The van der Waals surface area contributed by atoms with Gasteiger partial charge in [-0.05, 0) is 31.9 Å². The van der Waals surface area contributed by atoms with E-state index in [1.54, 1.807) is 0 Å². The maximum absolute atomic E-state index is 4.48. The van der Waals surface area contributed by atoms with Crippen molar-refractivity contribution in [1.29, 1.82) is 0 Å². The summed E-state index contributed by atoms with van der Waals surface area (Å²) in [4.78, 5) is 5.87. The van der Waals surface area contributed by atoms with E-state index >= 15 is 0 Å². The van der Waals surface area contributed by atoms with Crippen LogP contribution in [0, 0.1) is 13.8 Å². The Morgan fingerprint density at radius 3 is 2.56 bits per heavy atom. The molecule has 1 N–H and O–H groups in total. The standard InChI is InChI=1S/C13H18N2S/c1-9-5-4-6-10(2)12(9)16-11(3)13-14-7-8-15-13/h4-6,11H,7-8H2,1-3H3,(H,14,15)/t11-/m1/s1. The molecular weight excluding hydrogens is 216 g/mol. The largest absolute Gasteiger partial charge is 0.371 e. The Morgan fingerprint density at radius 1 is 1.31 bits per heavy atom. The van der Waals surface area contributed by atoms with E-state index in [4.69, 9.17) is 0 Å². The first-order valence-electron chi connectivity index (χ1n) is 5.69. The molecule has 0 saturated heterocycles. The van der Waals surface area contributed by atoms with Gasteiger partial charge in [0.2, 0.25) is 0 Å². The highest BCUT2D eigenvalue weighted by Gasteiger charge is 2.16. The van der Waals surface area contributed by atoms with Crippen molar-refractivity contribution in [2.75, 3.05) is 13.1 Å². The lowest BCUT2D eigenvalue weighted by Gasteiger charge is -2.15. The lowest BCUT2D eigenvalue weighted by molar-refractivity contribution is 0.952. The van der Waals surface area contributed by atoms with Crippen LogP contribution in [0.5, 0.6) is 0 Å². The van der Waals surface area contributed by atoms with Gasteiger partial charge in [-0.1, -0.05) is 18.2 Å². The van der Waals surface area contributed by atoms with Crippen LogP contribution in [0.4, 0.5) is 0 Å². The van der Waals surface area contributed by atoms with Crippen LogP contribution in [0.15, 0.2) is 28.1 Å². The molecule has 0 saturated carbocycles. The maximum Gasteiger partial charge on any atom is 0.110 e. The predicted molar refractivity (Wildman–Crippen MR) is 71.5 cm³/mol. The zero-order valence-corrected chi connectivity index (χ0v) is 10.9. The first kappa shape index (κ1) is 11.5. The summed E-state index contributed by atoms with van der Waals surface area (Å²) in [6.45, 7) is 8.48. The molecule has 0 fully saturated rings. The molecule has 1 aromatic carbocycles. The maximum atomic E-state index is 4.48. The molecule has 3 heteroatoms. The van der Waals surface area contributed by atoms with Crippen LogP contribution in [0.3, 0.4) is 0 Å². The molecule has 0 radical (unpaired) electrons. The second-order valence-corrected chi connectivity index (χ2v) is 5.53. The van der Waals surface area contributed by atoms with Crippen LogP contribution in [-0.2, 0) is 0 Å². The van der Waals surface area contributed by atoms with Crippen LogP contribution in [-0.4, -0.2) is 24.2 Å². The number of amidine groups is 1. The number of nitrogens with zero attached hydrogens (tertiary/aromatic N) is 1. The van der Waals surface area contributed by atoms with Gasteiger partial charge in [0.1, 0.15) is 5.84 Å². The summed E-state index contributed by atoms with van der Waals surface area (Å²) in [5.74, 6) is 1.15. The number of thioether (sulfide) groups is 1. The molecular formula is C13H18N2S. The lowest BCUT2D eigenvalue weighted by atomic mass is 10.2. The first-order valence-corrected chi connectivity index (χ1v) is 6.57. The molecule has 1 aromatic rings. The molecule has 86 valence electrons. The third-order valence-corrected chi connectivity index (χ3v) is 4.24. The van der Waals surface area contributed by atoms with Gasteiger partial charge in [-0.15, -0.1) is 11.8 Å². The van der Waals surface area contributed by atoms with Crippen LogP contribution in [0.2, 0.25) is 0 Å². The van der Waals surface area contributed by atoms with E-state index in [2.05, 4.69) is 49.3 Å². The van der Waals surface area contributed by atoms with Gasteiger partial charge in [-0.25, -0.2) is 0 Å². The van der Waals surface area contributed by atoms with Crippen molar-refractivity contribution in [2.24, 2.45) is 4.99 Å². The highest BCUT2D eigenvalue weighted by Crippen LogP contribution is 2.30. The van der Waals surface area contributed by atoms with Crippen LogP contribution in [0.1, 0.15) is 18.1 Å². The van der Waals surface area contributed by atoms with Crippen molar-refractivity contribution in [1.82, 2.24) is 5.32 Å². The molecule has 0 amide bonds. The fourth-order valence-corrected chi connectivity index (χ4v) is 3.04. The summed E-state index contributed by atoms with van der Waals surface area (Å²) in [6.07, 6.45) is 0. The molecule has 0 bridgehead atoms. The molecule has 0 spiro atoms. The fraction of sp³-hybridized carbons (Fsp3) is 0.462. The third-order valence-electron chi connectivity index (χ3n) is 2.79. The molecule has 0 aliphatic carbocycles. The normalized spacial score (nSPS) is 16.8. The van der Waals surface area contributed by atoms with Gasteiger partial charge in [0.25, 0.3) is 0 Å². The highest BCUT2D eigenvalue weighted by molar-refractivity contribution is 8.00. The van der Waals surface area contributed by atoms with Crippen molar-refractivity contribution in [3.63, 3.8) is 0 Å². The quantitative estimate of drug-likeness (QED) is 0.813.